The second-order valence-electron chi connectivity index (χ2n) is 11.2. The Bertz CT molecular complexity index is 1100. The number of carboxylic acid groups (broad SMARTS) is 1. The molecular weight excluding hydrogens is 511 g/mol. The number of fused-ring (bicyclic) bond motifs is 1. The summed E-state index contributed by atoms with van der Waals surface area (Å²) in [7, 11) is -2.62. The number of hydrogen-bond donors (Lipinski definition) is 1. The fraction of sp³-hybridized carbons (Fsp3) is 0.680. The summed E-state index contributed by atoms with van der Waals surface area (Å²) in [6, 6.07) is 2.36. The molecule has 0 radical (unpaired) electrons. The molecule has 1 heterocycles. The van der Waals surface area contributed by atoms with Gasteiger partial charge in [-0.3, -0.25) is 9.69 Å². The topological polar surface area (TPSA) is 98.2 Å². The van der Waals surface area contributed by atoms with Crippen LogP contribution in [0.3, 0.4) is 0 Å². The number of alkyl halides is 3. The van der Waals surface area contributed by atoms with Crippen LogP contribution in [0.5, 0.6) is 0 Å². The molecule has 1 saturated carbocycles. The highest BCUT2D eigenvalue weighted by atomic mass is 32.2. The van der Waals surface area contributed by atoms with Crippen molar-refractivity contribution in [2.24, 2.45) is 17.3 Å². The monoisotopic (exact) mass is 547 g/mol. The molecule has 0 aromatic heterocycles. The summed E-state index contributed by atoms with van der Waals surface area (Å²) in [6.45, 7) is 8.37. The van der Waals surface area contributed by atoms with Gasteiger partial charge in [0, 0.05) is 32.7 Å². The highest BCUT2D eigenvalue weighted by Gasteiger charge is 2.50. The molecule has 0 unspecified atom stereocenters. The third kappa shape index (κ3) is 6.22. The van der Waals surface area contributed by atoms with Crippen molar-refractivity contribution in [2.75, 3.05) is 26.7 Å². The predicted octanol–water partition coefficient (Wildman–Crippen LogP) is 4.37. The molecule has 0 spiro atoms. The fourth-order valence-electron chi connectivity index (χ4n) is 5.59. The maximum atomic E-state index is 13.7. The molecule has 3 rings (SSSR count). The van der Waals surface area contributed by atoms with Gasteiger partial charge in [-0.25, -0.2) is 13.2 Å². The maximum Gasteiger partial charge on any atom is 0.416 e. The Kier molecular flexibility index (Phi) is 8.24. The van der Waals surface area contributed by atoms with Crippen molar-refractivity contribution < 1.29 is 36.3 Å². The highest BCUT2D eigenvalue weighted by molar-refractivity contribution is 7.89. The molecule has 2 aliphatic rings. The van der Waals surface area contributed by atoms with Crippen LogP contribution in [0.1, 0.15) is 52.5 Å². The number of carbonyl (C=O) groups is 2. The predicted molar refractivity (Wildman–Crippen MR) is 131 cm³/mol. The summed E-state index contributed by atoms with van der Waals surface area (Å²) < 4.78 is 66.5. The van der Waals surface area contributed by atoms with Crippen LogP contribution < -0.4 is 0 Å². The smallest absolute Gasteiger partial charge is 0.416 e. The van der Waals surface area contributed by atoms with E-state index in [-0.39, 0.29) is 47.2 Å². The third-order valence-electron chi connectivity index (χ3n) is 7.49. The minimum absolute atomic E-state index is 0.00865. The van der Waals surface area contributed by atoms with Crippen LogP contribution in [-0.2, 0) is 21.0 Å². The van der Waals surface area contributed by atoms with Gasteiger partial charge in [-0.15, -0.1) is 0 Å². The first kappa shape index (κ1) is 29.2. The molecule has 37 heavy (non-hydrogen) atoms. The summed E-state index contributed by atoms with van der Waals surface area (Å²) in [6.07, 6.45) is -4.03. The zero-order valence-electron chi connectivity index (χ0n) is 21.8. The Morgan fingerprint density at radius 3 is 2.19 bits per heavy atom. The molecule has 1 aliphatic heterocycles. The number of halogens is 3. The molecule has 2 fully saturated rings. The second-order valence-corrected chi connectivity index (χ2v) is 13.1. The molecule has 1 aromatic rings. The van der Waals surface area contributed by atoms with Gasteiger partial charge in [-0.1, -0.05) is 20.8 Å². The van der Waals surface area contributed by atoms with Crippen LogP contribution >= 0.6 is 0 Å². The summed E-state index contributed by atoms with van der Waals surface area (Å²) in [5, 5.41) is 9.58. The molecule has 1 aliphatic carbocycles. The average molecular weight is 548 g/mol. The van der Waals surface area contributed by atoms with E-state index in [4.69, 9.17) is 0 Å². The molecule has 1 saturated heterocycles. The van der Waals surface area contributed by atoms with Crippen LogP contribution in [0.15, 0.2) is 29.2 Å². The molecule has 0 bridgehead atoms. The number of amides is 2. The average Bonchev–Trinajstić information content (AvgIpc) is 3.38. The molecule has 4 atom stereocenters. The van der Waals surface area contributed by atoms with Gasteiger partial charge in [-0.05, 0) is 67.7 Å². The SMILES string of the molecule is CCN(C(=O)[C@H](CC(C)(C)C)N(C)C(=O)O)[C@H]1CC[C@@H]2CN(S(=O)(=O)c3ccc(C(F)(F)F)cc3)C[C@@H]21. The number of sulfonamides is 1. The Morgan fingerprint density at radius 2 is 1.70 bits per heavy atom. The quantitative estimate of drug-likeness (QED) is 0.547. The van der Waals surface area contributed by atoms with E-state index < -0.39 is 33.9 Å². The van der Waals surface area contributed by atoms with Crippen molar-refractivity contribution in [3.8, 4) is 0 Å². The largest absolute Gasteiger partial charge is 0.465 e. The van der Waals surface area contributed by atoms with Crippen LogP contribution in [-0.4, -0.2) is 78.4 Å². The highest BCUT2D eigenvalue weighted by Crippen LogP contribution is 2.43. The summed E-state index contributed by atoms with van der Waals surface area (Å²) >= 11 is 0. The lowest BCUT2D eigenvalue weighted by molar-refractivity contribution is -0.140. The molecule has 1 N–H and O–H groups in total. The van der Waals surface area contributed by atoms with E-state index in [0.717, 1.165) is 29.2 Å². The van der Waals surface area contributed by atoms with Crippen LogP contribution in [0.2, 0.25) is 0 Å². The number of hydrogen-bond acceptors (Lipinski definition) is 4. The van der Waals surface area contributed by atoms with Gasteiger partial charge in [0.2, 0.25) is 15.9 Å². The standard InChI is InChI=1S/C25H36F3N3O5S/c1-6-31(22(32)21(13-24(2,3)4)29(5)23(33)34)20-12-7-16-14-30(15-19(16)20)37(35,36)18-10-8-17(9-11-18)25(26,27)28/h8-11,16,19-21H,6-7,12-15H2,1-5H3,(H,33,34)/t16-,19+,20+,21+/m1/s1. The lowest BCUT2D eigenvalue weighted by Crippen LogP contribution is -2.54. The summed E-state index contributed by atoms with van der Waals surface area (Å²) in [5.41, 5.74) is -1.22. The van der Waals surface area contributed by atoms with Gasteiger partial charge >= 0.3 is 12.3 Å². The lowest BCUT2D eigenvalue weighted by atomic mass is 9.86. The third-order valence-corrected chi connectivity index (χ3v) is 9.33. The van der Waals surface area contributed by atoms with E-state index in [1.54, 1.807) is 4.90 Å². The Balaban J connectivity index is 1.81. The van der Waals surface area contributed by atoms with E-state index in [9.17, 15) is 36.3 Å². The first-order valence-corrected chi connectivity index (χ1v) is 13.8. The van der Waals surface area contributed by atoms with Crippen LogP contribution in [0, 0.1) is 17.3 Å². The minimum Gasteiger partial charge on any atom is -0.465 e. The van der Waals surface area contributed by atoms with Crippen molar-refractivity contribution in [1.82, 2.24) is 14.1 Å². The van der Waals surface area contributed by atoms with Crippen molar-refractivity contribution in [3.63, 3.8) is 0 Å². The lowest BCUT2D eigenvalue weighted by Gasteiger charge is -2.38. The number of carbonyl (C=O) groups excluding carboxylic acids is 1. The van der Waals surface area contributed by atoms with E-state index in [0.29, 0.717) is 25.8 Å². The normalized spacial score (nSPS) is 23.5. The van der Waals surface area contributed by atoms with Crippen LogP contribution in [0.4, 0.5) is 18.0 Å². The first-order valence-electron chi connectivity index (χ1n) is 12.4. The molecule has 8 nitrogen and oxygen atoms in total. The van der Waals surface area contributed by atoms with Crippen molar-refractivity contribution in [3.05, 3.63) is 29.8 Å². The van der Waals surface area contributed by atoms with E-state index in [1.165, 1.54) is 11.4 Å². The van der Waals surface area contributed by atoms with Gasteiger partial charge in [0.05, 0.1) is 10.5 Å². The molecule has 2 amide bonds. The number of rotatable bonds is 7. The maximum absolute atomic E-state index is 13.7. The Hall–Kier alpha value is -2.34. The van der Waals surface area contributed by atoms with Crippen molar-refractivity contribution >= 4 is 22.0 Å². The van der Waals surface area contributed by atoms with Gasteiger partial charge in [-0.2, -0.15) is 17.5 Å². The van der Waals surface area contributed by atoms with Crippen molar-refractivity contribution in [2.45, 2.75) is 70.1 Å². The fourth-order valence-corrected chi connectivity index (χ4v) is 7.13. The first-order chi connectivity index (χ1) is 17.0. The molecular formula is C25H36F3N3O5S. The zero-order valence-corrected chi connectivity index (χ0v) is 22.6. The second kappa shape index (κ2) is 10.4. The molecule has 12 heteroatoms. The Morgan fingerprint density at radius 1 is 1.11 bits per heavy atom. The number of nitrogens with zero attached hydrogens (tertiary/aromatic N) is 3. The van der Waals surface area contributed by atoms with Gasteiger partial charge in [0.25, 0.3) is 0 Å². The van der Waals surface area contributed by atoms with E-state index in [1.807, 2.05) is 27.7 Å². The van der Waals surface area contributed by atoms with Crippen LogP contribution in [0.25, 0.3) is 0 Å². The van der Waals surface area contributed by atoms with E-state index >= 15 is 0 Å². The number of benzene rings is 1. The van der Waals surface area contributed by atoms with Crippen molar-refractivity contribution in [1.29, 1.82) is 0 Å². The molecule has 208 valence electrons. The number of likely N-dealkylation sites (N-methyl/N-ethyl adjacent to an activating group) is 2. The summed E-state index contributed by atoms with van der Waals surface area (Å²) in [4.78, 5) is 27.9. The van der Waals surface area contributed by atoms with Gasteiger partial charge in [0.1, 0.15) is 6.04 Å². The molecule has 1 aromatic carbocycles. The minimum atomic E-state index is -4.56. The summed E-state index contributed by atoms with van der Waals surface area (Å²) in [5.74, 6) is -0.426. The van der Waals surface area contributed by atoms with Gasteiger partial charge < -0.3 is 10.0 Å². The zero-order chi connectivity index (χ0) is 27.9. The Labute approximate surface area is 216 Å². The van der Waals surface area contributed by atoms with Gasteiger partial charge in [0.15, 0.2) is 0 Å². The van der Waals surface area contributed by atoms with E-state index in [2.05, 4.69) is 0 Å².